The predicted octanol–water partition coefficient (Wildman–Crippen LogP) is 1.89. The Kier molecular flexibility index (Phi) is 4.66. The molecule has 1 aliphatic carbocycles. The Morgan fingerprint density at radius 1 is 1.10 bits per heavy atom. The van der Waals surface area contributed by atoms with E-state index >= 15 is 0 Å². The van der Waals surface area contributed by atoms with Gasteiger partial charge in [0.2, 0.25) is 0 Å². The third-order valence-corrected chi connectivity index (χ3v) is 6.14. The Bertz CT molecular complexity index is 928. The van der Waals surface area contributed by atoms with Crippen LogP contribution in [0.2, 0.25) is 0 Å². The van der Waals surface area contributed by atoms with Gasteiger partial charge in [-0.2, -0.15) is 0 Å². The van der Waals surface area contributed by atoms with Gasteiger partial charge in [0.15, 0.2) is 11.5 Å². The number of nitrogens with one attached hydrogen (secondary N) is 1. The van der Waals surface area contributed by atoms with Gasteiger partial charge in [-0.25, -0.2) is 0 Å². The van der Waals surface area contributed by atoms with Gasteiger partial charge in [-0.1, -0.05) is 31.0 Å². The molecule has 2 aromatic rings. The van der Waals surface area contributed by atoms with Gasteiger partial charge >= 0.3 is 0 Å². The van der Waals surface area contributed by atoms with Crippen molar-refractivity contribution in [3.8, 4) is 0 Å². The van der Waals surface area contributed by atoms with Crippen LogP contribution < -0.4 is 10.2 Å². The minimum absolute atomic E-state index is 0.0722. The lowest BCUT2D eigenvalue weighted by atomic mass is 10.1. The highest BCUT2D eigenvalue weighted by Crippen LogP contribution is 2.33. The summed E-state index contributed by atoms with van der Waals surface area (Å²) < 4.78 is 0. The van der Waals surface area contributed by atoms with E-state index in [1.165, 1.54) is 12.8 Å². The highest BCUT2D eigenvalue weighted by atomic mass is 16.2. The number of anilines is 1. The van der Waals surface area contributed by atoms with E-state index in [0.29, 0.717) is 25.3 Å². The van der Waals surface area contributed by atoms with Crippen LogP contribution >= 0.6 is 0 Å². The van der Waals surface area contributed by atoms with Crippen molar-refractivity contribution < 1.29 is 9.59 Å². The molecule has 3 heterocycles. The van der Waals surface area contributed by atoms with Gasteiger partial charge in [0.1, 0.15) is 0 Å². The molecule has 3 aliphatic rings. The topological polar surface area (TPSA) is 78.4 Å². The summed E-state index contributed by atoms with van der Waals surface area (Å²) in [7, 11) is 0. The number of carbonyl (C=O) groups excluding carboxylic acids is 2. The Balaban J connectivity index is 1.24. The molecule has 5 rings (SSSR count). The Hall–Kier alpha value is -2.96. The van der Waals surface area contributed by atoms with E-state index < -0.39 is 0 Å². The zero-order valence-corrected chi connectivity index (χ0v) is 16.4. The standard InChI is InChI=1S/C22H25N5O2/c28-21(23-9-8-15-6-7-15)19-13-17-12-18-14-26(10-11-27(18)20(17)25-24-19)22(29)16-4-2-1-3-5-16/h1-5,13,15,18H,6-12,14H2,(H,23,28). The summed E-state index contributed by atoms with van der Waals surface area (Å²) in [4.78, 5) is 29.3. The quantitative estimate of drug-likeness (QED) is 0.842. The highest BCUT2D eigenvalue weighted by Gasteiger charge is 2.37. The van der Waals surface area contributed by atoms with Crippen LogP contribution in [0.15, 0.2) is 36.4 Å². The number of aromatic nitrogens is 2. The zero-order valence-electron chi connectivity index (χ0n) is 16.4. The number of rotatable bonds is 5. The third kappa shape index (κ3) is 3.69. The van der Waals surface area contributed by atoms with E-state index in [0.717, 1.165) is 42.2 Å². The second-order valence-corrected chi connectivity index (χ2v) is 8.23. The van der Waals surface area contributed by atoms with Crippen molar-refractivity contribution in [2.45, 2.75) is 31.7 Å². The Morgan fingerprint density at radius 3 is 2.72 bits per heavy atom. The lowest BCUT2D eigenvalue weighted by Crippen LogP contribution is -2.53. The molecule has 2 amide bonds. The summed E-state index contributed by atoms with van der Waals surface area (Å²) in [5.74, 6) is 1.57. The second kappa shape index (κ2) is 7.46. The summed E-state index contributed by atoms with van der Waals surface area (Å²) in [6.07, 6.45) is 4.40. The fourth-order valence-electron chi connectivity index (χ4n) is 4.32. The van der Waals surface area contributed by atoms with Crippen molar-refractivity contribution in [1.29, 1.82) is 0 Å². The summed E-state index contributed by atoms with van der Waals surface area (Å²) in [6, 6.07) is 11.5. The predicted molar refractivity (Wildman–Crippen MR) is 109 cm³/mol. The van der Waals surface area contributed by atoms with Crippen molar-refractivity contribution in [3.05, 3.63) is 53.2 Å². The molecule has 1 saturated carbocycles. The van der Waals surface area contributed by atoms with Crippen LogP contribution in [-0.2, 0) is 6.42 Å². The maximum Gasteiger partial charge on any atom is 0.271 e. The number of nitrogens with zero attached hydrogens (tertiary/aromatic N) is 4. The summed E-state index contributed by atoms with van der Waals surface area (Å²) in [6.45, 7) is 2.76. The summed E-state index contributed by atoms with van der Waals surface area (Å²) in [5.41, 5.74) is 2.16. The first-order chi connectivity index (χ1) is 14.2. The second-order valence-electron chi connectivity index (χ2n) is 8.23. The molecule has 2 fully saturated rings. The Morgan fingerprint density at radius 2 is 1.93 bits per heavy atom. The van der Waals surface area contributed by atoms with E-state index in [4.69, 9.17) is 0 Å². The molecule has 150 valence electrons. The molecule has 0 spiro atoms. The van der Waals surface area contributed by atoms with E-state index in [2.05, 4.69) is 20.4 Å². The van der Waals surface area contributed by atoms with Crippen LogP contribution in [0.4, 0.5) is 5.82 Å². The van der Waals surface area contributed by atoms with Crippen molar-refractivity contribution in [2.24, 2.45) is 5.92 Å². The molecule has 7 nitrogen and oxygen atoms in total. The molecule has 0 radical (unpaired) electrons. The number of piperazine rings is 1. The number of fused-ring (bicyclic) bond motifs is 3. The van der Waals surface area contributed by atoms with Crippen LogP contribution in [0, 0.1) is 5.92 Å². The average Bonchev–Trinajstić information content (AvgIpc) is 3.51. The molecule has 1 saturated heterocycles. The monoisotopic (exact) mass is 391 g/mol. The van der Waals surface area contributed by atoms with Crippen LogP contribution in [-0.4, -0.2) is 59.1 Å². The Labute approximate surface area is 170 Å². The third-order valence-electron chi connectivity index (χ3n) is 6.14. The molecule has 0 bridgehead atoms. The molecule has 1 atom stereocenters. The smallest absolute Gasteiger partial charge is 0.271 e. The lowest BCUT2D eigenvalue weighted by Gasteiger charge is -2.38. The van der Waals surface area contributed by atoms with Crippen molar-refractivity contribution in [2.75, 3.05) is 31.1 Å². The lowest BCUT2D eigenvalue weighted by molar-refractivity contribution is 0.0724. The first-order valence-electron chi connectivity index (χ1n) is 10.4. The van der Waals surface area contributed by atoms with Gasteiger partial charge in [0.25, 0.3) is 11.8 Å². The van der Waals surface area contributed by atoms with Crippen LogP contribution in [0.1, 0.15) is 45.7 Å². The average molecular weight is 391 g/mol. The number of amides is 2. The van der Waals surface area contributed by atoms with E-state index in [1.807, 2.05) is 41.3 Å². The molecule has 1 N–H and O–H groups in total. The van der Waals surface area contributed by atoms with E-state index in [9.17, 15) is 9.59 Å². The summed E-state index contributed by atoms with van der Waals surface area (Å²) in [5, 5.41) is 11.5. The van der Waals surface area contributed by atoms with Crippen molar-refractivity contribution >= 4 is 17.6 Å². The molecular weight excluding hydrogens is 366 g/mol. The van der Waals surface area contributed by atoms with Gasteiger partial charge in [-0.05, 0) is 37.0 Å². The van der Waals surface area contributed by atoms with Crippen LogP contribution in [0.5, 0.6) is 0 Å². The minimum Gasteiger partial charge on any atom is -0.351 e. The van der Waals surface area contributed by atoms with Gasteiger partial charge < -0.3 is 15.1 Å². The maximum absolute atomic E-state index is 12.8. The molecule has 2 aliphatic heterocycles. The van der Waals surface area contributed by atoms with Crippen molar-refractivity contribution in [1.82, 2.24) is 20.4 Å². The van der Waals surface area contributed by atoms with Crippen LogP contribution in [0.25, 0.3) is 0 Å². The largest absolute Gasteiger partial charge is 0.351 e. The molecule has 1 aromatic heterocycles. The first kappa shape index (κ1) is 18.1. The number of benzene rings is 1. The first-order valence-corrected chi connectivity index (χ1v) is 10.4. The number of carbonyl (C=O) groups is 2. The van der Waals surface area contributed by atoms with Gasteiger partial charge in [-0.3, -0.25) is 9.59 Å². The SMILES string of the molecule is O=C(NCCC1CC1)c1cc2c(nn1)N1CCN(C(=O)c3ccccc3)CC1C2. The highest BCUT2D eigenvalue weighted by molar-refractivity contribution is 5.94. The molecule has 7 heteroatoms. The minimum atomic E-state index is -0.147. The van der Waals surface area contributed by atoms with E-state index in [1.54, 1.807) is 0 Å². The van der Waals surface area contributed by atoms with Crippen LogP contribution in [0.3, 0.4) is 0 Å². The van der Waals surface area contributed by atoms with Gasteiger partial charge in [-0.15, -0.1) is 10.2 Å². The van der Waals surface area contributed by atoms with Gasteiger partial charge in [0.05, 0.1) is 6.04 Å². The number of hydrogen-bond donors (Lipinski definition) is 1. The molecule has 1 aromatic carbocycles. The van der Waals surface area contributed by atoms with Crippen molar-refractivity contribution in [3.63, 3.8) is 0 Å². The summed E-state index contributed by atoms with van der Waals surface area (Å²) >= 11 is 0. The number of hydrogen-bond acceptors (Lipinski definition) is 5. The molecular formula is C22H25N5O2. The van der Waals surface area contributed by atoms with E-state index in [-0.39, 0.29) is 17.9 Å². The van der Waals surface area contributed by atoms with Gasteiger partial charge in [0, 0.05) is 37.3 Å². The molecule has 1 unspecified atom stereocenters. The zero-order chi connectivity index (χ0) is 19.8. The molecule has 29 heavy (non-hydrogen) atoms. The fourth-order valence-corrected chi connectivity index (χ4v) is 4.32. The fraction of sp³-hybridized carbons (Fsp3) is 0.455. The maximum atomic E-state index is 12.8. The normalized spacial score (nSPS) is 20.2.